The molecule has 0 aliphatic heterocycles. The van der Waals surface area contributed by atoms with Gasteiger partial charge in [0.05, 0.1) is 11.3 Å². The molecule has 1 unspecified atom stereocenters. The first-order valence-corrected chi connectivity index (χ1v) is 9.72. The molecule has 0 amide bonds. The number of hydrogen-bond donors (Lipinski definition) is 2. The molecule has 3 N–H and O–H groups in total. The van der Waals surface area contributed by atoms with Crippen LogP contribution in [0.15, 0.2) is 24.4 Å². The number of ether oxygens (including phenoxy) is 1. The maximum absolute atomic E-state index is 13.7. The van der Waals surface area contributed by atoms with Crippen LogP contribution >= 0.6 is 23.2 Å². The molecule has 136 valence electrons. The Labute approximate surface area is 155 Å². The Morgan fingerprint density at radius 2 is 2.08 bits per heavy atom. The molecule has 0 fully saturated rings. The standard InChI is InChI=1S/C15H16Cl2FN3O3S/c1-8(13-10(16)3-4-11(18)14(13)17)24-12-5-9(6-20-15(12)19)7-21-25(2,22)23/h3-6,8,21H,7H2,1-2H3,(H2,19,20). The first-order valence-electron chi connectivity index (χ1n) is 7.07. The molecule has 10 heteroatoms. The van der Waals surface area contributed by atoms with E-state index < -0.39 is 21.9 Å². The fraction of sp³-hybridized carbons (Fsp3) is 0.267. The number of halogens is 3. The van der Waals surface area contributed by atoms with Crippen molar-refractivity contribution in [3.05, 3.63) is 51.4 Å². The van der Waals surface area contributed by atoms with Gasteiger partial charge in [-0.15, -0.1) is 0 Å². The van der Waals surface area contributed by atoms with Crippen molar-refractivity contribution in [3.8, 4) is 5.75 Å². The summed E-state index contributed by atoms with van der Waals surface area (Å²) < 4.78 is 44.1. The van der Waals surface area contributed by atoms with Gasteiger partial charge in [0.2, 0.25) is 10.0 Å². The van der Waals surface area contributed by atoms with Gasteiger partial charge in [-0.1, -0.05) is 23.2 Å². The van der Waals surface area contributed by atoms with Crippen LogP contribution in [0.1, 0.15) is 24.2 Å². The van der Waals surface area contributed by atoms with Gasteiger partial charge >= 0.3 is 0 Å². The Balaban J connectivity index is 2.26. The summed E-state index contributed by atoms with van der Waals surface area (Å²) in [5.41, 5.74) is 6.61. The topological polar surface area (TPSA) is 94.3 Å². The first-order chi connectivity index (χ1) is 11.6. The summed E-state index contributed by atoms with van der Waals surface area (Å²) in [6, 6.07) is 4.08. The Morgan fingerprint density at radius 3 is 2.72 bits per heavy atom. The van der Waals surface area contributed by atoms with Crippen molar-refractivity contribution < 1.29 is 17.5 Å². The Morgan fingerprint density at radius 1 is 1.40 bits per heavy atom. The van der Waals surface area contributed by atoms with Gasteiger partial charge in [0.1, 0.15) is 11.9 Å². The average molecular weight is 408 g/mol. The summed E-state index contributed by atoms with van der Waals surface area (Å²) in [5, 5.41) is 0.113. The van der Waals surface area contributed by atoms with Crippen molar-refractivity contribution in [1.29, 1.82) is 0 Å². The molecule has 0 radical (unpaired) electrons. The number of aromatic nitrogens is 1. The predicted molar refractivity (Wildman–Crippen MR) is 95.8 cm³/mol. The number of pyridine rings is 1. The van der Waals surface area contributed by atoms with E-state index in [2.05, 4.69) is 9.71 Å². The van der Waals surface area contributed by atoms with Crippen molar-refractivity contribution >= 4 is 39.0 Å². The number of sulfonamides is 1. The minimum Gasteiger partial charge on any atom is -0.482 e. The summed E-state index contributed by atoms with van der Waals surface area (Å²) in [4.78, 5) is 3.97. The molecule has 1 atom stereocenters. The highest BCUT2D eigenvalue weighted by atomic mass is 35.5. The molecule has 0 saturated carbocycles. The zero-order valence-corrected chi connectivity index (χ0v) is 15.7. The van der Waals surface area contributed by atoms with Gasteiger partial charge in [-0.25, -0.2) is 22.5 Å². The third kappa shape index (κ3) is 5.18. The Kier molecular flexibility index (Phi) is 6.10. The number of anilines is 1. The van der Waals surface area contributed by atoms with E-state index in [1.54, 1.807) is 6.92 Å². The highest BCUT2D eigenvalue weighted by molar-refractivity contribution is 7.88. The molecule has 2 rings (SSSR count). The minimum atomic E-state index is -3.35. The monoisotopic (exact) mass is 407 g/mol. The van der Waals surface area contributed by atoms with E-state index in [1.807, 2.05) is 0 Å². The lowest BCUT2D eigenvalue weighted by Crippen LogP contribution is -2.21. The normalized spacial score (nSPS) is 12.8. The van der Waals surface area contributed by atoms with Crippen LogP contribution in [0.3, 0.4) is 0 Å². The van der Waals surface area contributed by atoms with Gasteiger partial charge in [-0.2, -0.15) is 0 Å². The molecule has 25 heavy (non-hydrogen) atoms. The van der Waals surface area contributed by atoms with Gasteiger partial charge in [0.25, 0.3) is 0 Å². The number of benzene rings is 1. The van der Waals surface area contributed by atoms with Crippen molar-refractivity contribution in [3.63, 3.8) is 0 Å². The number of rotatable bonds is 6. The van der Waals surface area contributed by atoms with E-state index in [-0.39, 0.29) is 33.7 Å². The SMILES string of the molecule is CC(Oc1cc(CNS(C)(=O)=O)cnc1N)c1c(Cl)ccc(F)c1Cl. The molecule has 0 spiro atoms. The number of nitrogens with zero attached hydrogens (tertiary/aromatic N) is 1. The first kappa shape index (κ1) is 19.7. The van der Waals surface area contributed by atoms with Crippen LogP contribution in [0.2, 0.25) is 10.0 Å². The quantitative estimate of drug-likeness (QED) is 0.716. The van der Waals surface area contributed by atoms with Gasteiger partial charge < -0.3 is 10.5 Å². The highest BCUT2D eigenvalue weighted by Gasteiger charge is 2.20. The molecule has 1 heterocycles. The molecule has 1 aromatic carbocycles. The second kappa shape index (κ2) is 7.74. The van der Waals surface area contributed by atoms with Gasteiger partial charge in [0.15, 0.2) is 11.6 Å². The lowest BCUT2D eigenvalue weighted by Gasteiger charge is -2.19. The lowest BCUT2D eigenvalue weighted by atomic mass is 10.1. The van der Waals surface area contributed by atoms with Crippen LogP contribution < -0.4 is 15.2 Å². The Bertz CT molecular complexity index is 894. The molecule has 0 bridgehead atoms. The third-order valence-corrected chi connectivity index (χ3v) is 4.65. The van der Waals surface area contributed by atoms with Gasteiger partial charge in [0, 0.05) is 23.3 Å². The van der Waals surface area contributed by atoms with Gasteiger partial charge in [-0.05, 0) is 30.7 Å². The molecule has 6 nitrogen and oxygen atoms in total. The molecule has 2 aromatic rings. The largest absolute Gasteiger partial charge is 0.482 e. The van der Waals surface area contributed by atoms with E-state index in [4.69, 9.17) is 33.7 Å². The van der Waals surface area contributed by atoms with Crippen LogP contribution in [0.4, 0.5) is 10.2 Å². The van der Waals surface area contributed by atoms with Crippen molar-refractivity contribution in [2.24, 2.45) is 0 Å². The van der Waals surface area contributed by atoms with Crippen molar-refractivity contribution in [2.75, 3.05) is 12.0 Å². The molecular weight excluding hydrogens is 392 g/mol. The summed E-state index contributed by atoms with van der Waals surface area (Å²) in [6.45, 7) is 1.66. The van der Waals surface area contributed by atoms with Crippen LogP contribution in [0.25, 0.3) is 0 Å². The number of nitrogens with one attached hydrogen (secondary N) is 1. The Hall–Kier alpha value is -1.61. The van der Waals surface area contributed by atoms with Crippen molar-refractivity contribution in [2.45, 2.75) is 19.6 Å². The number of nitrogens with two attached hydrogens (primary N) is 1. The minimum absolute atomic E-state index is 0.0261. The fourth-order valence-corrected chi connectivity index (χ4v) is 3.17. The molecular formula is C15H16Cl2FN3O3S. The maximum Gasteiger partial charge on any atom is 0.209 e. The predicted octanol–water partition coefficient (Wildman–Crippen LogP) is 3.30. The summed E-state index contributed by atoms with van der Waals surface area (Å²) in [7, 11) is -3.35. The second-order valence-corrected chi connectivity index (χ2v) is 7.96. The lowest BCUT2D eigenvalue weighted by molar-refractivity contribution is 0.227. The summed E-state index contributed by atoms with van der Waals surface area (Å²) >= 11 is 12.0. The fourth-order valence-electron chi connectivity index (χ4n) is 2.07. The third-order valence-electron chi connectivity index (χ3n) is 3.27. The molecule has 0 aliphatic carbocycles. The summed E-state index contributed by atoms with van der Waals surface area (Å²) in [6.07, 6.45) is 1.76. The second-order valence-electron chi connectivity index (χ2n) is 5.34. The average Bonchev–Trinajstić information content (AvgIpc) is 2.51. The van der Waals surface area contributed by atoms with Crippen LogP contribution in [0.5, 0.6) is 5.75 Å². The van der Waals surface area contributed by atoms with Gasteiger partial charge in [-0.3, -0.25) is 0 Å². The van der Waals surface area contributed by atoms with E-state index in [9.17, 15) is 12.8 Å². The van der Waals surface area contributed by atoms with E-state index in [0.717, 1.165) is 12.3 Å². The van der Waals surface area contributed by atoms with Crippen LogP contribution in [-0.2, 0) is 16.6 Å². The van der Waals surface area contributed by atoms with Crippen molar-refractivity contribution in [1.82, 2.24) is 9.71 Å². The van der Waals surface area contributed by atoms with Crippen LogP contribution in [0, 0.1) is 5.82 Å². The smallest absolute Gasteiger partial charge is 0.209 e. The van der Waals surface area contributed by atoms with E-state index >= 15 is 0 Å². The molecule has 0 saturated heterocycles. The summed E-state index contributed by atoms with van der Waals surface area (Å²) in [5.74, 6) is -0.316. The maximum atomic E-state index is 13.7. The molecule has 1 aromatic heterocycles. The zero-order chi connectivity index (χ0) is 18.8. The number of hydrogen-bond acceptors (Lipinski definition) is 5. The van der Waals surface area contributed by atoms with Crippen LogP contribution in [-0.4, -0.2) is 19.7 Å². The highest BCUT2D eigenvalue weighted by Crippen LogP contribution is 2.35. The number of nitrogen functional groups attached to an aromatic ring is 1. The zero-order valence-electron chi connectivity index (χ0n) is 13.4. The molecule has 0 aliphatic rings. The van der Waals surface area contributed by atoms with E-state index in [0.29, 0.717) is 5.56 Å². The van der Waals surface area contributed by atoms with E-state index in [1.165, 1.54) is 18.3 Å².